The summed E-state index contributed by atoms with van der Waals surface area (Å²) in [5, 5.41) is 14.5. The SMILES string of the molecule is Cc1ccc(NCC(=O)Nc2ccc(C#N)cc2)cc1. The summed E-state index contributed by atoms with van der Waals surface area (Å²) in [6, 6.07) is 16.6. The first kappa shape index (κ1) is 13.6. The van der Waals surface area contributed by atoms with Crippen LogP contribution in [0.5, 0.6) is 0 Å². The summed E-state index contributed by atoms with van der Waals surface area (Å²) in [5.41, 5.74) is 3.34. The zero-order valence-corrected chi connectivity index (χ0v) is 11.2. The highest BCUT2D eigenvalue weighted by Gasteiger charge is 2.02. The number of rotatable bonds is 4. The van der Waals surface area contributed by atoms with Gasteiger partial charge >= 0.3 is 0 Å². The van der Waals surface area contributed by atoms with Crippen molar-refractivity contribution in [1.82, 2.24) is 0 Å². The van der Waals surface area contributed by atoms with Crippen LogP contribution in [0.4, 0.5) is 11.4 Å². The minimum atomic E-state index is -0.129. The Kier molecular flexibility index (Phi) is 4.35. The maximum absolute atomic E-state index is 11.8. The van der Waals surface area contributed by atoms with Crippen LogP contribution < -0.4 is 10.6 Å². The zero-order chi connectivity index (χ0) is 14.4. The third-order valence-electron chi connectivity index (χ3n) is 2.80. The van der Waals surface area contributed by atoms with Crippen molar-refractivity contribution in [3.05, 3.63) is 59.7 Å². The summed E-state index contributed by atoms with van der Waals surface area (Å²) < 4.78 is 0. The van der Waals surface area contributed by atoms with E-state index >= 15 is 0 Å². The molecule has 0 bridgehead atoms. The van der Waals surface area contributed by atoms with Gasteiger partial charge in [0, 0.05) is 11.4 Å². The molecule has 0 atom stereocenters. The van der Waals surface area contributed by atoms with E-state index in [0.29, 0.717) is 11.3 Å². The van der Waals surface area contributed by atoms with E-state index in [9.17, 15) is 4.79 Å². The smallest absolute Gasteiger partial charge is 0.243 e. The van der Waals surface area contributed by atoms with Crippen molar-refractivity contribution in [2.24, 2.45) is 0 Å². The van der Waals surface area contributed by atoms with Crippen molar-refractivity contribution in [3.8, 4) is 6.07 Å². The number of benzene rings is 2. The van der Waals surface area contributed by atoms with Gasteiger partial charge in [0.25, 0.3) is 0 Å². The molecule has 0 aliphatic heterocycles. The molecular weight excluding hydrogens is 250 g/mol. The van der Waals surface area contributed by atoms with Gasteiger partial charge in [-0.3, -0.25) is 4.79 Å². The van der Waals surface area contributed by atoms with Crippen LogP contribution in [0.25, 0.3) is 0 Å². The average Bonchev–Trinajstić information content (AvgIpc) is 2.47. The summed E-state index contributed by atoms with van der Waals surface area (Å²) in [5.74, 6) is -0.129. The minimum Gasteiger partial charge on any atom is -0.376 e. The standard InChI is InChI=1S/C16H15N3O/c1-12-2-6-14(7-3-12)18-11-16(20)19-15-8-4-13(10-17)5-9-15/h2-9,18H,11H2,1H3,(H,19,20). The van der Waals surface area contributed by atoms with E-state index in [1.54, 1.807) is 24.3 Å². The topological polar surface area (TPSA) is 64.9 Å². The fourth-order valence-electron chi connectivity index (χ4n) is 1.69. The Morgan fingerprint density at radius 1 is 1.05 bits per heavy atom. The number of nitriles is 1. The lowest BCUT2D eigenvalue weighted by atomic mass is 10.2. The van der Waals surface area contributed by atoms with E-state index in [4.69, 9.17) is 5.26 Å². The highest BCUT2D eigenvalue weighted by Crippen LogP contribution is 2.10. The quantitative estimate of drug-likeness (QED) is 0.893. The molecule has 4 heteroatoms. The normalized spacial score (nSPS) is 9.60. The van der Waals surface area contributed by atoms with Crippen LogP contribution in [0.2, 0.25) is 0 Å². The highest BCUT2D eigenvalue weighted by atomic mass is 16.1. The van der Waals surface area contributed by atoms with Crippen LogP contribution in [0.1, 0.15) is 11.1 Å². The summed E-state index contributed by atoms with van der Waals surface area (Å²) in [6.07, 6.45) is 0. The first-order chi connectivity index (χ1) is 9.67. The lowest BCUT2D eigenvalue weighted by molar-refractivity contribution is -0.114. The molecule has 0 saturated heterocycles. The molecule has 2 aromatic rings. The Hall–Kier alpha value is -2.80. The van der Waals surface area contributed by atoms with Crippen LogP contribution in [0.3, 0.4) is 0 Å². The summed E-state index contributed by atoms with van der Waals surface area (Å²) >= 11 is 0. The van der Waals surface area contributed by atoms with Gasteiger partial charge in [0.2, 0.25) is 5.91 Å². The predicted molar refractivity (Wildman–Crippen MR) is 79.5 cm³/mol. The van der Waals surface area contributed by atoms with Crippen molar-refractivity contribution < 1.29 is 4.79 Å². The monoisotopic (exact) mass is 265 g/mol. The number of anilines is 2. The molecule has 20 heavy (non-hydrogen) atoms. The predicted octanol–water partition coefficient (Wildman–Crippen LogP) is 2.92. The third-order valence-corrected chi connectivity index (χ3v) is 2.80. The average molecular weight is 265 g/mol. The molecule has 0 aliphatic carbocycles. The molecule has 0 spiro atoms. The largest absolute Gasteiger partial charge is 0.376 e. The first-order valence-corrected chi connectivity index (χ1v) is 6.28. The molecule has 0 saturated carbocycles. The van der Waals surface area contributed by atoms with Crippen molar-refractivity contribution in [2.75, 3.05) is 17.2 Å². The van der Waals surface area contributed by atoms with Gasteiger partial charge in [-0.05, 0) is 43.3 Å². The summed E-state index contributed by atoms with van der Waals surface area (Å²) in [4.78, 5) is 11.8. The molecule has 0 unspecified atom stereocenters. The second-order valence-electron chi connectivity index (χ2n) is 4.46. The second kappa shape index (κ2) is 6.39. The summed E-state index contributed by atoms with van der Waals surface area (Å²) in [7, 11) is 0. The number of hydrogen-bond donors (Lipinski definition) is 2. The Balaban J connectivity index is 1.86. The lowest BCUT2D eigenvalue weighted by Gasteiger charge is -2.08. The van der Waals surface area contributed by atoms with Gasteiger partial charge in [-0.25, -0.2) is 0 Å². The fourth-order valence-corrected chi connectivity index (χ4v) is 1.69. The lowest BCUT2D eigenvalue weighted by Crippen LogP contribution is -2.21. The molecule has 2 N–H and O–H groups in total. The fraction of sp³-hybridized carbons (Fsp3) is 0.125. The molecule has 0 aliphatic rings. The Morgan fingerprint density at radius 2 is 1.65 bits per heavy atom. The number of aryl methyl sites for hydroxylation is 1. The molecule has 4 nitrogen and oxygen atoms in total. The van der Waals surface area contributed by atoms with Crippen LogP contribution in [0, 0.1) is 18.3 Å². The first-order valence-electron chi connectivity index (χ1n) is 6.28. The van der Waals surface area contributed by atoms with Gasteiger partial charge in [-0.1, -0.05) is 17.7 Å². The van der Waals surface area contributed by atoms with Gasteiger partial charge in [0.05, 0.1) is 18.2 Å². The molecule has 2 rings (SSSR count). The van der Waals surface area contributed by atoms with E-state index < -0.39 is 0 Å². The third kappa shape index (κ3) is 3.85. The Labute approximate surface area is 118 Å². The molecule has 0 radical (unpaired) electrons. The highest BCUT2D eigenvalue weighted by molar-refractivity contribution is 5.93. The molecule has 100 valence electrons. The van der Waals surface area contributed by atoms with Crippen molar-refractivity contribution in [1.29, 1.82) is 5.26 Å². The zero-order valence-electron chi connectivity index (χ0n) is 11.2. The number of amides is 1. The second-order valence-corrected chi connectivity index (χ2v) is 4.46. The van der Waals surface area contributed by atoms with E-state index in [2.05, 4.69) is 10.6 Å². The van der Waals surface area contributed by atoms with Gasteiger partial charge < -0.3 is 10.6 Å². The number of carbonyl (C=O) groups is 1. The van der Waals surface area contributed by atoms with Crippen molar-refractivity contribution >= 4 is 17.3 Å². The number of nitrogens with one attached hydrogen (secondary N) is 2. The molecule has 0 heterocycles. The maximum atomic E-state index is 11.8. The van der Waals surface area contributed by atoms with Gasteiger partial charge in [0.15, 0.2) is 0 Å². The van der Waals surface area contributed by atoms with E-state index in [-0.39, 0.29) is 12.5 Å². The maximum Gasteiger partial charge on any atom is 0.243 e. The minimum absolute atomic E-state index is 0.129. The van der Waals surface area contributed by atoms with Gasteiger partial charge in [-0.15, -0.1) is 0 Å². The molecule has 2 aromatic carbocycles. The van der Waals surface area contributed by atoms with E-state index in [1.165, 1.54) is 5.56 Å². The molecule has 0 aromatic heterocycles. The molecule has 0 fully saturated rings. The number of hydrogen-bond acceptors (Lipinski definition) is 3. The van der Waals surface area contributed by atoms with Crippen LogP contribution in [0.15, 0.2) is 48.5 Å². The number of carbonyl (C=O) groups excluding carboxylic acids is 1. The Bertz CT molecular complexity index is 624. The molecular formula is C16H15N3O. The Morgan fingerprint density at radius 3 is 2.25 bits per heavy atom. The van der Waals surface area contributed by atoms with Crippen molar-refractivity contribution in [3.63, 3.8) is 0 Å². The van der Waals surface area contributed by atoms with E-state index in [1.807, 2.05) is 37.3 Å². The van der Waals surface area contributed by atoms with Crippen LogP contribution in [-0.2, 0) is 4.79 Å². The van der Waals surface area contributed by atoms with E-state index in [0.717, 1.165) is 5.69 Å². The van der Waals surface area contributed by atoms with Crippen LogP contribution >= 0.6 is 0 Å². The van der Waals surface area contributed by atoms with Crippen LogP contribution in [-0.4, -0.2) is 12.5 Å². The number of nitrogens with zero attached hydrogens (tertiary/aromatic N) is 1. The van der Waals surface area contributed by atoms with Crippen molar-refractivity contribution in [2.45, 2.75) is 6.92 Å². The van der Waals surface area contributed by atoms with Gasteiger partial charge in [0.1, 0.15) is 0 Å². The van der Waals surface area contributed by atoms with Gasteiger partial charge in [-0.2, -0.15) is 5.26 Å². The molecule has 1 amide bonds. The summed E-state index contributed by atoms with van der Waals surface area (Å²) in [6.45, 7) is 2.21.